The molecule has 4 aromatic rings. The molecule has 126 valence electrons. The molecule has 1 aromatic carbocycles. The van der Waals surface area contributed by atoms with Crippen LogP contribution in [0.5, 0.6) is 0 Å². The first kappa shape index (κ1) is 15.5. The standard InChI is InChI=1S/C19H16N4OS.H2/c1-12-5-17(25-10-12)19(24)22-18-7-15-6-13(3-4-14(15)8-21-18)16-9-20-11-23(16)2;/h3-11H,1-2H3,(H,21,22,24);1H. The monoisotopic (exact) mass is 350 g/mol. The molecule has 0 spiro atoms. The first-order valence-electron chi connectivity index (χ1n) is 7.83. The number of amides is 1. The van der Waals surface area contributed by atoms with E-state index in [9.17, 15) is 4.79 Å². The van der Waals surface area contributed by atoms with Gasteiger partial charge in [0.15, 0.2) is 0 Å². The number of rotatable bonds is 3. The van der Waals surface area contributed by atoms with E-state index in [0.29, 0.717) is 10.7 Å². The molecule has 6 heteroatoms. The van der Waals surface area contributed by atoms with Gasteiger partial charge in [-0.3, -0.25) is 4.79 Å². The maximum atomic E-state index is 12.3. The second kappa shape index (κ2) is 6.14. The van der Waals surface area contributed by atoms with E-state index in [4.69, 9.17) is 0 Å². The van der Waals surface area contributed by atoms with Crippen molar-refractivity contribution in [2.24, 2.45) is 7.05 Å². The minimum Gasteiger partial charge on any atom is -0.334 e. The van der Waals surface area contributed by atoms with Gasteiger partial charge in [-0.05, 0) is 41.5 Å². The van der Waals surface area contributed by atoms with Crippen molar-refractivity contribution in [3.63, 3.8) is 0 Å². The SMILES string of the molecule is Cc1csc(C(=O)Nc2cc3cc(-c4cncn4C)ccc3cn2)c1.[HH]. The first-order chi connectivity index (χ1) is 12.1. The fourth-order valence-electron chi connectivity index (χ4n) is 2.73. The lowest BCUT2D eigenvalue weighted by Gasteiger charge is -2.07. The number of thiophene rings is 1. The molecule has 1 amide bonds. The Labute approximate surface area is 150 Å². The number of benzene rings is 1. The zero-order valence-electron chi connectivity index (χ0n) is 13.9. The third kappa shape index (κ3) is 3.04. The molecule has 0 unspecified atom stereocenters. The van der Waals surface area contributed by atoms with Crippen LogP contribution >= 0.6 is 11.3 Å². The summed E-state index contributed by atoms with van der Waals surface area (Å²) in [6.45, 7) is 1.97. The molecule has 5 nitrogen and oxygen atoms in total. The molecule has 0 aliphatic carbocycles. The topological polar surface area (TPSA) is 59.8 Å². The molecule has 0 saturated heterocycles. The van der Waals surface area contributed by atoms with Gasteiger partial charge in [-0.25, -0.2) is 9.97 Å². The number of pyridine rings is 1. The molecule has 0 aliphatic heterocycles. The Morgan fingerprint density at radius 1 is 1.20 bits per heavy atom. The van der Waals surface area contributed by atoms with E-state index in [1.807, 2.05) is 54.4 Å². The van der Waals surface area contributed by atoms with Gasteiger partial charge in [0.1, 0.15) is 5.82 Å². The Balaban J connectivity index is 0.00000196. The summed E-state index contributed by atoms with van der Waals surface area (Å²) in [4.78, 5) is 21.5. The number of carbonyl (C=O) groups is 1. The summed E-state index contributed by atoms with van der Waals surface area (Å²) in [6, 6.07) is 9.93. The molecule has 0 saturated carbocycles. The van der Waals surface area contributed by atoms with Crippen molar-refractivity contribution in [3.05, 3.63) is 64.9 Å². The fraction of sp³-hybridized carbons (Fsp3) is 0.105. The summed E-state index contributed by atoms with van der Waals surface area (Å²) in [5.41, 5.74) is 3.20. The zero-order chi connectivity index (χ0) is 17.4. The highest BCUT2D eigenvalue weighted by Gasteiger charge is 2.10. The van der Waals surface area contributed by atoms with E-state index in [-0.39, 0.29) is 7.33 Å². The molecule has 0 radical (unpaired) electrons. The van der Waals surface area contributed by atoms with E-state index in [2.05, 4.69) is 21.4 Å². The number of nitrogens with zero attached hydrogens (tertiary/aromatic N) is 3. The number of nitrogens with one attached hydrogen (secondary N) is 1. The number of hydrogen-bond acceptors (Lipinski definition) is 4. The minimum absolute atomic E-state index is 0. The fourth-order valence-corrected chi connectivity index (χ4v) is 3.53. The smallest absolute Gasteiger partial charge is 0.266 e. The highest BCUT2D eigenvalue weighted by atomic mass is 32.1. The van der Waals surface area contributed by atoms with E-state index in [0.717, 1.165) is 27.6 Å². The van der Waals surface area contributed by atoms with E-state index < -0.39 is 0 Å². The average molecular weight is 350 g/mol. The summed E-state index contributed by atoms with van der Waals surface area (Å²) >= 11 is 1.43. The second-order valence-corrected chi connectivity index (χ2v) is 6.87. The molecule has 1 N–H and O–H groups in total. The molecule has 3 heterocycles. The number of aryl methyl sites for hydroxylation is 2. The van der Waals surface area contributed by atoms with Crippen LogP contribution in [0.15, 0.2) is 54.4 Å². The summed E-state index contributed by atoms with van der Waals surface area (Å²) < 4.78 is 1.98. The van der Waals surface area contributed by atoms with Gasteiger partial charge in [-0.2, -0.15) is 0 Å². The van der Waals surface area contributed by atoms with Crippen molar-refractivity contribution in [2.45, 2.75) is 6.92 Å². The van der Waals surface area contributed by atoms with Crippen LogP contribution in [0.2, 0.25) is 0 Å². The van der Waals surface area contributed by atoms with Crippen LogP contribution in [0.3, 0.4) is 0 Å². The first-order valence-corrected chi connectivity index (χ1v) is 8.71. The number of aromatic nitrogens is 3. The number of imidazole rings is 1. The summed E-state index contributed by atoms with van der Waals surface area (Å²) in [5, 5.41) is 6.88. The molecule has 0 bridgehead atoms. The highest BCUT2D eigenvalue weighted by Crippen LogP contribution is 2.25. The van der Waals surface area contributed by atoms with Crippen molar-refractivity contribution < 1.29 is 6.22 Å². The Morgan fingerprint density at radius 3 is 2.80 bits per heavy atom. The van der Waals surface area contributed by atoms with Crippen LogP contribution in [-0.2, 0) is 7.05 Å². The van der Waals surface area contributed by atoms with Crippen LogP contribution < -0.4 is 5.32 Å². The van der Waals surface area contributed by atoms with Gasteiger partial charge in [-0.1, -0.05) is 12.1 Å². The maximum Gasteiger partial charge on any atom is 0.266 e. The minimum atomic E-state index is -0.132. The summed E-state index contributed by atoms with van der Waals surface area (Å²) in [7, 11) is 1.97. The van der Waals surface area contributed by atoms with Gasteiger partial charge in [0, 0.05) is 25.6 Å². The molecular weight excluding hydrogens is 332 g/mol. The van der Waals surface area contributed by atoms with Crippen LogP contribution in [0.4, 0.5) is 5.82 Å². The third-order valence-electron chi connectivity index (χ3n) is 4.03. The van der Waals surface area contributed by atoms with Gasteiger partial charge in [-0.15, -0.1) is 11.3 Å². The van der Waals surface area contributed by atoms with Crippen molar-refractivity contribution in [3.8, 4) is 11.3 Å². The molecule has 0 atom stereocenters. The van der Waals surface area contributed by atoms with Gasteiger partial charge in [0.2, 0.25) is 0 Å². The lowest BCUT2D eigenvalue weighted by atomic mass is 10.1. The second-order valence-electron chi connectivity index (χ2n) is 5.96. The Kier molecular flexibility index (Phi) is 3.82. The predicted molar refractivity (Wildman–Crippen MR) is 103 cm³/mol. The van der Waals surface area contributed by atoms with Crippen LogP contribution in [0, 0.1) is 6.92 Å². The van der Waals surface area contributed by atoms with Crippen LogP contribution in [0.1, 0.15) is 16.7 Å². The molecule has 4 rings (SSSR count). The normalized spacial score (nSPS) is 11.0. The number of fused-ring (bicyclic) bond motifs is 1. The lowest BCUT2D eigenvalue weighted by Crippen LogP contribution is -2.11. The third-order valence-corrected chi connectivity index (χ3v) is 5.08. The van der Waals surface area contributed by atoms with E-state index in [1.165, 1.54) is 11.3 Å². The highest BCUT2D eigenvalue weighted by molar-refractivity contribution is 7.12. The zero-order valence-corrected chi connectivity index (χ0v) is 14.7. The summed E-state index contributed by atoms with van der Waals surface area (Å²) in [5.74, 6) is 0.415. The molecule has 0 aliphatic rings. The quantitative estimate of drug-likeness (QED) is 0.592. The van der Waals surface area contributed by atoms with Gasteiger partial charge in [0.05, 0.1) is 23.1 Å². The van der Waals surface area contributed by atoms with Crippen molar-refractivity contribution >= 4 is 33.8 Å². The molecule has 0 fully saturated rings. The van der Waals surface area contributed by atoms with Crippen molar-refractivity contribution in [1.29, 1.82) is 0 Å². The van der Waals surface area contributed by atoms with Gasteiger partial charge >= 0.3 is 0 Å². The Hall–Kier alpha value is -2.99. The van der Waals surface area contributed by atoms with E-state index in [1.54, 1.807) is 12.5 Å². The average Bonchev–Trinajstić information content (AvgIpc) is 3.22. The molecule has 3 aromatic heterocycles. The maximum absolute atomic E-state index is 12.3. The predicted octanol–water partition coefficient (Wildman–Crippen LogP) is 4.50. The Bertz CT molecular complexity index is 1090. The Morgan fingerprint density at radius 2 is 2.08 bits per heavy atom. The molecular formula is C19H18N4OS. The number of hydrogen-bond donors (Lipinski definition) is 1. The van der Waals surface area contributed by atoms with Crippen LogP contribution in [-0.4, -0.2) is 20.4 Å². The largest absolute Gasteiger partial charge is 0.334 e. The number of anilines is 1. The van der Waals surface area contributed by atoms with Gasteiger partial charge < -0.3 is 9.88 Å². The van der Waals surface area contributed by atoms with Gasteiger partial charge in [0.25, 0.3) is 5.91 Å². The van der Waals surface area contributed by atoms with Crippen molar-refractivity contribution in [2.75, 3.05) is 5.32 Å². The van der Waals surface area contributed by atoms with Crippen LogP contribution in [0.25, 0.3) is 22.0 Å². The molecule has 25 heavy (non-hydrogen) atoms. The lowest BCUT2D eigenvalue weighted by molar-refractivity contribution is 0.103. The number of carbonyl (C=O) groups excluding carboxylic acids is 1. The van der Waals surface area contributed by atoms with E-state index >= 15 is 0 Å². The van der Waals surface area contributed by atoms with Crippen molar-refractivity contribution in [1.82, 2.24) is 14.5 Å². The summed E-state index contributed by atoms with van der Waals surface area (Å²) in [6.07, 6.45) is 5.39.